The molecule has 1 saturated heterocycles. The van der Waals surface area contributed by atoms with Crippen LogP contribution in [0, 0.1) is 5.92 Å². The monoisotopic (exact) mass is 272 g/mol. The number of ether oxygens (including phenoxy) is 1. The number of hydrogen-bond donors (Lipinski definition) is 1. The molecule has 2 fully saturated rings. The largest absolute Gasteiger partial charge is 0.492 e. The Bertz CT molecular complexity index is 490. The summed E-state index contributed by atoms with van der Waals surface area (Å²) >= 11 is 0. The second-order valence-electron chi connectivity index (χ2n) is 6.58. The summed E-state index contributed by atoms with van der Waals surface area (Å²) in [5.41, 5.74) is 7.77. The highest BCUT2D eigenvalue weighted by atomic mass is 16.5. The minimum Gasteiger partial charge on any atom is -0.492 e. The normalized spacial score (nSPS) is 37.0. The van der Waals surface area contributed by atoms with E-state index in [2.05, 4.69) is 17.0 Å². The van der Waals surface area contributed by atoms with E-state index in [4.69, 9.17) is 10.5 Å². The molecule has 4 atom stereocenters. The number of fused-ring (bicyclic) bond motifs is 2. The van der Waals surface area contributed by atoms with Crippen LogP contribution in [0.25, 0.3) is 0 Å². The third-order valence-electron chi connectivity index (χ3n) is 5.56. The summed E-state index contributed by atoms with van der Waals surface area (Å²) in [7, 11) is 0. The van der Waals surface area contributed by atoms with E-state index in [-0.39, 0.29) is 6.04 Å². The van der Waals surface area contributed by atoms with Crippen LogP contribution in [0.2, 0.25) is 0 Å². The highest BCUT2D eigenvalue weighted by molar-refractivity contribution is 5.38. The lowest BCUT2D eigenvalue weighted by Gasteiger charge is -2.46. The third kappa shape index (κ3) is 1.95. The van der Waals surface area contributed by atoms with Gasteiger partial charge in [-0.15, -0.1) is 0 Å². The number of likely N-dealkylation sites (tertiary alicyclic amines) is 1. The first-order valence-corrected chi connectivity index (χ1v) is 8.07. The van der Waals surface area contributed by atoms with Crippen LogP contribution in [-0.4, -0.2) is 30.1 Å². The van der Waals surface area contributed by atoms with Crippen LogP contribution in [0.1, 0.15) is 43.7 Å². The van der Waals surface area contributed by atoms with Gasteiger partial charge < -0.3 is 10.5 Å². The predicted octanol–water partition coefficient (Wildman–Crippen LogP) is 2.71. The fraction of sp³-hybridized carbons (Fsp3) is 0.647. The van der Waals surface area contributed by atoms with Gasteiger partial charge in [0.25, 0.3) is 0 Å². The molecule has 1 aromatic rings. The molecule has 108 valence electrons. The van der Waals surface area contributed by atoms with Crippen molar-refractivity contribution in [1.82, 2.24) is 4.90 Å². The molecule has 1 aliphatic carbocycles. The quantitative estimate of drug-likeness (QED) is 0.854. The van der Waals surface area contributed by atoms with E-state index in [1.54, 1.807) is 0 Å². The van der Waals surface area contributed by atoms with E-state index in [9.17, 15) is 0 Å². The van der Waals surface area contributed by atoms with Crippen LogP contribution in [0.3, 0.4) is 0 Å². The minimum absolute atomic E-state index is 0.0966. The topological polar surface area (TPSA) is 38.5 Å². The molecule has 20 heavy (non-hydrogen) atoms. The average Bonchev–Trinajstić information content (AvgIpc) is 2.97. The van der Waals surface area contributed by atoms with E-state index >= 15 is 0 Å². The van der Waals surface area contributed by atoms with Crippen molar-refractivity contribution in [2.75, 3.05) is 13.2 Å². The Morgan fingerprint density at radius 1 is 1.05 bits per heavy atom. The Kier molecular flexibility index (Phi) is 3.20. The van der Waals surface area contributed by atoms with Crippen molar-refractivity contribution >= 4 is 0 Å². The molecule has 1 aromatic carbocycles. The number of nitrogens with zero attached hydrogens (tertiary/aromatic N) is 1. The Morgan fingerprint density at radius 3 is 2.85 bits per heavy atom. The molecule has 0 bridgehead atoms. The Hall–Kier alpha value is -1.06. The van der Waals surface area contributed by atoms with Crippen molar-refractivity contribution in [3.8, 4) is 5.75 Å². The minimum atomic E-state index is 0.0966. The van der Waals surface area contributed by atoms with Crippen molar-refractivity contribution in [2.45, 2.75) is 50.2 Å². The van der Waals surface area contributed by atoms with Crippen molar-refractivity contribution in [3.05, 3.63) is 29.8 Å². The van der Waals surface area contributed by atoms with Crippen LogP contribution < -0.4 is 10.5 Å². The number of benzene rings is 1. The van der Waals surface area contributed by atoms with Crippen LogP contribution in [0.5, 0.6) is 5.75 Å². The lowest BCUT2D eigenvalue weighted by molar-refractivity contribution is 0.0221. The first kappa shape index (κ1) is 12.7. The molecule has 3 heteroatoms. The van der Waals surface area contributed by atoms with Crippen LogP contribution in [0.4, 0.5) is 0 Å². The maximum atomic E-state index is 6.58. The molecule has 4 rings (SSSR count). The molecular formula is C17H24N2O. The molecule has 0 aromatic heterocycles. The second-order valence-corrected chi connectivity index (χ2v) is 6.58. The van der Waals surface area contributed by atoms with Gasteiger partial charge >= 0.3 is 0 Å². The maximum absolute atomic E-state index is 6.58. The van der Waals surface area contributed by atoms with Crippen molar-refractivity contribution in [2.24, 2.45) is 11.7 Å². The fourth-order valence-electron chi connectivity index (χ4n) is 4.58. The molecule has 2 heterocycles. The summed E-state index contributed by atoms with van der Waals surface area (Å²) in [4.78, 5) is 2.68. The van der Waals surface area contributed by atoms with Gasteiger partial charge in [-0.3, -0.25) is 4.90 Å². The standard InChI is InChI=1S/C17H24N2O/c18-17-13-7-1-2-9-16(13)20-11-15(17)19-10-4-6-12-5-3-8-14(12)19/h1-2,7,9,12,14-15,17H,3-6,8,10-11,18H2. The number of para-hydroxylation sites is 1. The third-order valence-corrected chi connectivity index (χ3v) is 5.56. The molecule has 2 aliphatic heterocycles. The van der Waals surface area contributed by atoms with E-state index in [0.29, 0.717) is 6.04 Å². The zero-order valence-electron chi connectivity index (χ0n) is 12.0. The Labute approximate surface area is 121 Å². The lowest BCUT2D eigenvalue weighted by Crippen LogP contribution is -2.55. The highest BCUT2D eigenvalue weighted by Gasteiger charge is 2.42. The van der Waals surface area contributed by atoms with Crippen molar-refractivity contribution in [3.63, 3.8) is 0 Å². The predicted molar refractivity (Wildman–Crippen MR) is 79.7 cm³/mol. The first-order valence-electron chi connectivity index (χ1n) is 8.07. The van der Waals surface area contributed by atoms with Gasteiger partial charge in [-0.1, -0.05) is 24.6 Å². The van der Waals surface area contributed by atoms with Gasteiger partial charge in [0.05, 0.1) is 12.1 Å². The molecule has 1 saturated carbocycles. The maximum Gasteiger partial charge on any atom is 0.124 e. The van der Waals surface area contributed by atoms with Crippen molar-refractivity contribution in [1.29, 1.82) is 0 Å². The summed E-state index contributed by atoms with van der Waals surface area (Å²) in [6.07, 6.45) is 6.91. The number of hydrogen-bond acceptors (Lipinski definition) is 3. The van der Waals surface area contributed by atoms with Crippen LogP contribution in [-0.2, 0) is 0 Å². The Balaban J connectivity index is 1.60. The van der Waals surface area contributed by atoms with Crippen molar-refractivity contribution < 1.29 is 4.74 Å². The summed E-state index contributed by atoms with van der Waals surface area (Å²) in [6.45, 7) is 1.95. The van der Waals surface area contributed by atoms with Gasteiger partial charge in [-0.2, -0.15) is 0 Å². The van der Waals surface area contributed by atoms with Gasteiger partial charge in [0.2, 0.25) is 0 Å². The molecule has 0 amide bonds. The van der Waals surface area contributed by atoms with Gasteiger partial charge in [0.1, 0.15) is 12.4 Å². The van der Waals surface area contributed by atoms with Gasteiger partial charge in [-0.05, 0) is 44.2 Å². The molecule has 2 N–H and O–H groups in total. The van der Waals surface area contributed by atoms with E-state index in [0.717, 1.165) is 24.3 Å². The van der Waals surface area contributed by atoms with E-state index < -0.39 is 0 Å². The zero-order valence-corrected chi connectivity index (χ0v) is 12.0. The SMILES string of the molecule is NC1c2ccccc2OCC1N1CCCC2CCCC21. The summed E-state index contributed by atoms with van der Waals surface area (Å²) in [5.74, 6) is 1.89. The lowest BCUT2D eigenvalue weighted by atomic mass is 9.87. The van der Waals surface area contributed by atoms with Crippen LogP contribution in [0.15, 0.2) is 24.3 Å². The molecular weight excluding hydrogens is 248 g/mol. The summed E-state index contributed by atoms with van der Waals surface area (Å²) < 4.78 is 5.99. The van der Waals surface area contributed by atoms with E-state index in [1.807, 2.05) is 12.1 Å². The van der Waals surface area contributed by atoms with E-state index in [1.165, 1.54) is 44.2 Å². The Morgan fingerprint density at radius 2 is 1.90 bits per heavy atom. The summed E-state index contributed by atoms with van der Waals surface area (Å²) in [5, 5.41) is 0. The number of nitrogens with two attached hydrogens (primary N) is 1. The average molecular weight is 272 g/mol. The van der Waals surface area contributed by atoms with Gasteiger partial charge in [-0.25, -0.2) is 0 Å². The highest BCUT2D eigenvalue weighted by Crippen LogP contribution is 2.41. The second kappa shape index (κ2) is 5.05. The fourth-order valence-corrected chi connectivity index (χ4v) is 4.58. The molecule has 3 aliphatic rings. The zero-order chi connectivity index (χ0) is 13.5. The molecule has 0 radical (unpaired) electrons. The summed E-state index contributed by atoms with van der Waals surface area (Å²) in [6, 6.07) is 9.48. The van der Waals surface area contributed by atoms with Gasteiger partial charge in [0, 0.05) is 11.6 Å². The molecule has 0 spiro atoms. The van der Waals surface area contributed by atoms with Gasteiger partial charge in [0.15, 0.2) is 0 Å². The smallest absolute Gasteiger partial charge is 0.124 e. The molecule has 4 unspecified atom stereocenters. The number of rotatable bonds is 1. The molecule has 3 nitrogen and oxygen atoms in total. The van der Waals surface area contributed by atoms with Crippen LogP contribution >= 0.6 is 0 Å². The first-order chi connectivity index (χ1) is 9.84. The number of piperidine rings is 1.